The van der Waals surface area contributed by atoms with Gasteiger partial charge in [-0.3, -0.25) is 14.9 Å². The molecule has 0 spiro atoms. The van der Waals surface area contributed by atoms with Crippen molar-refractivity contribution in [1.29, 1.82) is 0 Å². The van der Waals surface area contributed by atoms with Gasteiger partial charge in [0.25, 0.3) is 5.91 Å². The van der Waals surface area contributed by atoms with E-state index in [2.05, 4.69) is 10.6 Å². The third-order valence-corrected chi connectivity index (χ3v) is 6.09. The molecule has 0 saturated carbocycles. The van der Waals surface area contributed by atoms with Crippen LogP contribution in [-0.4, -0.2) is 36.2 Å². The second-order valence-electron chi connectivity index (χ2n) is 8.42. The number of hydrogen-bond donors (Lipinski definition) is 3. The summed E-state index contributed by atoms with van der Waals surface area (Å²) in [5, 5.41) is 14.0. The highest BCUT2D eigenvalue weighted by Crippen LogP contribution is 2.44. The summed E-state index contributed by atoms with van der Waals surface area (Å²) >= 11 is 0. The Hall–Kier alpha value is -4.20. The van der Waals surface area contributed by atoms with Crippen molar-refractivity contribution in [3.05, 3.63) is 89.2 Å². The van der Waals surface area contributed by atoms with Gasteiger partial charge in [0, 0.05) is 12.5 Å². The number of carboxylic acid groups (broad SMARTS) is 1. The van der Waals surface area contributed by atoms with E-state index in [1.54, 1.807) is 0 Å². The molecule has 0 heterocycles. The summed E-state index contributed by atoms with van der Waals surface area (Å²) in [6.45, 7) is 1.71. The zero-order valence-corrected chi connectivity index (χ0v) is 19.1. The SMILES string of the molecule is CC(CCNC(=O)c1cc(F)ccc1NC(=O)OCC1c2ccccc2-c2ccccc21)C(=O)O. The number of aliphatic carboxylic acids is 1. The Labute approximate surface area is 201 Å². The summed E-state index contributed by atoms with van der Waals surface area (Å²) in [6, 6.07) is 19.3. The average molecular weight is 477 g/mol. The van der Waals surface area contributed by atoms with Crippen LogP contribution in [0.25, 0.3) is 11.1 Å². The molecule has 0 fully saturated rings. The first-order chi connectivity index (χ1) is 16.8. The Morgan fingerprint density at radius 1 is 1.00 bits per heavy atom. The maximum atomic E-state index is 13.8. The predicted molar refractivity (Wildman–Crippen MR) is 129 cm³/mol. The number of ether oxygens (including phenoxy) is 1. The monoisotopic (exact) mass is 476 g/mol. The smallest absolute Gasteiger partial charge is 0.411 e. The number of carbonyl (C=O) groups excluding carboxylic acids is 2. The maximum Gasteiger partial charge on any atom is 0.411 e. The second kappa shape index (κ2) is 10.4. The van der Waals surface area contributed by atoms with Crippen molar-refractivity contribution in [1.82, 2.24) is 5.32 Å². The minimum atomic E-state index is -0.970. The third-order valence-electron chi connectivity index (χ3n) is 6.09. The standard InChI is InChI=1S/C27H25FN2O5/c1-16(26(32)33)12-13-29-25(31)22-14-17(28)10-11-24(22)30-27(34)35-15-23-20-8-4-2-6-18(20)19-7-3-5-9-21(19)23/h2-11,14,16,23H,12-13,15H2,1H3,(H,29,31)(H,30,34)(H,32,33). The number of amides is 2. The van der Waals surface area contributed by atoms with Crippen LogP contribution in [0, 0.1) is 11.7 Å². The second-order valence-corrected chi connectivity index (χ2v) is 8.42. The fourth-order valence-corrected chi connectivity index (χ4v) is 4.18. The van der Waals surface area contributed by atoms with E-state index >= 15 is 0 Å². The predicted octanol–water partition coefficient (Wildman–Crippen LogP) is 5.03. The number of carboxylic acids is 1. The first-order valence-corrected chi connectivity index (χ1v) is 11.3. The van der Waals surface area contributed by atoms with Crippen LogP contribution in [0.15, 0.2) is 66.7 Å². The van der Waals surface area contributed by atoms with E-state index < -0.39 is 29.7 Å². The lowest BCUT2D eigenvalue weighted by Crippen LogP contribution is -2.28. The van der Waals surface area contributed by atoms with E-state index in [1.165, 1.54) is 13.0 Å². The molecule has 3 aromatic rings. The van der Waals surface area contributed by atoms with E-state index in [-0.39, 0.29) is 36.7 Å². The van der Waals surface area contributed by atoms with Gasteiger partial charge in [0.2, 0.25) is 0 Å². The molecule has 2 amide bonds. The lowest BCUT2D eigenvalue weighted by molar-refractivity contribution is -0.141. The normalized spacial score (nSPS) is 12.9. The maximum absolute atomic E-state index is 13.8. The van der Waals surface area contributed by atoms with Gasteiger partial charge in [-0.15, -0.1) is 0 Å². The molecular formula is C27H25FN2O5. The van der Waals surface area contributed by atoms with Crippen LogP contribution >= 0.6 is 0 Å². The minimum absolute atomic E-state index is 0.0820. The molecule has 3 N–H and O–H groups in total. The minimum Gasteiger partial charge on any atom is -0.481 e. The molecule has 3 aromatic carbocycles. The molecule has 180 valence electrons. The summed E-state index contributed by atoms with van der Waals surface area (Å²) in [6.07, 6.45) is -0.557. The molecule has 1 aliphatic rings. The van der Waals surface area contributed by atoms with E-state index in [9.17, 15) is 18.8 Å². The number of rotatable bonds is 8. The Balaban J connectivity index is 1.42. The molecule has 8 heteroatoms. The van der Waals surface area contributed by atoms with Crippen molar-refractivity contribution in [2.45, 2.75) is 19.3 Å². The average Bonchev–Trinajstić information content (AvgIpc) is 3.17. The molecule has 0 radical (unpaired) electrons. The number of carbonyl (C=O) groups is 3. The molecule has 1 unspecified atom stereocenters. The summed E-state index contributed by atoms with van der Waals surface area (Å²) in [5.41, 5.74) is 4.35. The Kier molecular flexibility index (Phi) is 7.10. The quantitative estimate of drug-likeness (QED) is 0.423. The van der Waals surface area contributed by atoms with Gasteiger partial charge in [0.1, 0.15) is 12.4 Å². The van der Waals surface area contributed by atoms with Crippen LogP contribution in [0.5, 0.6) is 0 Å². The highest BCUT2D eigenvalue weighted by molar-refractivity contribution is 6.02. The Bertz CT molecular complexity index is 1230. The fraction of sp³-hybridized carbons (Fsp3) is 0.222. The van der Waals surface area contributed by atoms with E-state index in [1.807, 2.05) is 48.5 Å². The van der Waals surface area contributed by atoms with Crippen LogP contribution in [0.3, 0.4) is 0 Å². The molecule has 4 rings (SSSR count). The molecule has 1 atom stereocenters. The van der Waals surface area contributed by atoms with Crippen molar-refractivity contribution in [3.8, 4) is 11.1 Å². The zero-order chi connectivity index (χ0) is 24.9. The highest BCUT2D eigenvalue weighted by Gasteiger charge is 2.29. The molecule has 0 aromatic heterocycles. The van der Waals surface area contributed by atoms with Gasteiger partial charge < -0.3 is 15.2 Å². The van der Waals surface area contributed by atoms with Gasteiger partial charge >= 0.3 is 12.1 Å². The first-order valence-electron chi connectivity index (χ1n) is 11.3. The number of benzene rings is 3. The fourth-order valence-electron chi connectivity index (χ4n) is 4.18. The van der Waals surface area contributed by atoms with E-state index in [0.717, 1.165) is 34.4 Å². The molecular weight excluding hydrogens is 451 g/mol. The van der Waals surface area contributed by atoms with Gasteiger partial charge in [0.15, 0.2) is 0 Å². The van der Waals surface area contributed by atoms with Crippen LogP contribution < -0.4 is 10.6 Å². The van der Waals surface area contributed by atoms with Gasteiger partial charge in [-0.25, -0.2) is 9.18 Å². The summed E-state index contributed by atoms with van der Waals surface area (Å²) < 4.78 is 19.3. The van der Waals surface area contributed by atoms with Crippen molar-refractivity contribution in [2.24, 2.45) is 5.92 Å². The number of hydrogen-bond acceptors (Lipinski definition) is 4. The number of anilines is 1. The summed E-state index contributed by atoms with van der Waals surface area (Å²) in [7, 11) is 0. The van der Waals surface area contributed by atoms with Crippen LogP contribution in [0.1, 0.15) is 40.7 Å². The molecule has 0 saturated heterocycles. The van der Waals surface area contributed by atoms with Crippen molar-refractivity contribution in [3.63, 3.8) is 0 Å². The Morgan fingerprint density at radius 2 is 1.63 bits per heavy atom. The lowest BCUT2D eigenvalue weighted by atomic mass is 9.98. The number of halogens is 1. The van der Waals surface area contributed by atoms with Crippen molar-refractivity contribution < 1.29 is 28.6 Å². The Morgan fingerprint density at radius 3 is 2.26 bits per heavy atom. The first kappa shape index (κ1) is 23.9. The molecule has 1 aliphatic carbocycles. The molecule has 0 aliphatic heterocycles. The topological polar surface area (TPSA) is 105 Å². The zero-order valence-electron chi connectivity index (χ0n) is 19.1. The molecule has 7 nitrogen and oxygen atoms in total. The molecule has 0 bridgehead atoms. The van der Waals surface area contributed by atoms with Crippen molar-refractivity contribution >= 4 is 23.7 Å². The largest absolute Gasteiger partial charge is 0.481 e. The van der Waals surface area contributed by atoms with Gasteiger partial charge in [-0.2, -0.15) is 0 Å². The lowest BCUT2D eigenvalue weighted by Gasteiger charge is -2.16. The van der Waals surface area contributed by atoms with Crippen molar-refractivity contribution in [2.75, 3.05) is 18.5 Å². The van der Waals surface area contributed by atoms with Gasteiger partial charge in [-0.1, -0.05) is 55.5 Å². The highest BCUT2D eigenvalue weighted by atomic mass is 19.1. The van der Waals surface area contributed by atoms with E-state index in [0.29, 0.717) is 0 Å². The molecule has 35 heavy (non-hydrogen) atoms. The summed E-state index contributed by atoms with van der Waals surface area (Å²) in [4.78, 5) is 36.1. The summed E-state index contributed by atoms with van der Waals surface area (Å²) in [5.74, 6) is -3.01. The third kappa shape index (κ3) is 5.32. The number of fused-ring (bicyclic) bond motifs is 3. The van der Waals surface area contributed by atoms with Gasteiger partial charge in [-0.05, 0) is 46.9 Å². The van der Waals surface area contributed by atoms with Gasteiger partial charge in [0.05, 0.1) is 17.2 Å². The van der Waals surface area contributed by atoms with Crippen LogP contribution in [-0.2, 0) is 9.53 Å². The van der Waals surface area contributed by atoms with Crippen LogP contribution in [0.2, 0.25) is 0 Å². The number of nitrogens with one attached hydrogen (secondary N) is 2. The van der Waals surface area contributed by atoms with Crippen LogP contribution in [0.4, 0.5) is 14.9 Å². The van der Waals surface area contributed by atoms with E-state index in [4.69, 9.17) is 9.84 Å².